The van der Waals surface area contributed by atoms with Crippen molar-refractivity contribution in [3.8, 4) is 0 Å². The summed E-state index contributed by atoms with van der Waals surface area (Å²) >= 11 is 0. The van der Waals surface area contributed by atoms with E-state index in [9.17, 15) is 9.90 Å². The molecule has 156 valence electrons. The first-order valence-corrected chi connectivity index (χ1v) is 10.3. The van der Waals surface area contributed by atoms with Gasteiger partial charge < -0.3 is 24.8 Å². The van der Waals surface area contributed by atoms with Gasteiger partial charge in [0.1, 0.15) is 18.8 Å². The molecule has 0 bridgehead atoms. The fourth-order valence-electron chi connectivity index (χ4n) is 2.64. The van der Waals surface area contributed by atoms with E-state index in [2.05, 4.69) is 6.92 Å². The van der Waals surface area contributed by atoms with E-state index in [0.717, 1.165) is 19.3 Å². The highest BCUT2D eigenvalue weighted by atomic mass is 16.5. The van der Waals surface area contributed by atoms with Crippen LogP contribution in [0.2, 0.25) is 0 Å². The van der Waals surface area contributed by atoms with Gasteiger partial charge in [0.15, 0.2) is 0 Å². The second kappa shape index (κ2) is 19.1. The zero-order valence-corrected chi connectivity index (χ0v) is 16.5. The number of esters is 1. The number of ether oxygens (including phenoxy) is 2. The van der Waals surface area contributed by atoms with Gasteiger partial charge in [0.25, 0.3) is 0 Å². The van der Waals surface area contributed by atoms with Gasteiger partial charge >= 0.3 is 5.97 Å². The van der Waals surface area contributed by atoms with Crippen LogP contribution >= 0.6 is 0 Å². The Bertz CT molecular complexity index is 311. The first-order valence-electron chi connectivity index (χ1n) is 10.3. The van der Waals surface area contributed by atoms with Crippen LogP contribution in [0.5, 0.6) is 0 Å². The normalized spacial score (nSPS) is 13.5. The minimum atomic E-state index is -0.953. The predicted octanol–water partition coefficient (Wildman–Crippen LogP) is 2.96. The van der Waals surface area contributed by atoms with E-state index in [1.807, 2.05) is 0 Å². The molecule has 0 radical (unpaired) electrons. The van der Waals surface area contributed by atoms with Crippen molar-refractivity contribution in [3.63, 3.8) is 0 Å². The minimum Gasteiger partial charge on any atom is -0.463 e. The molecule has 6 heteroatoms. The number of aliphatic hydroxyl groups is 3. The van der Waals surface area contributed by atoms with Crippen molar-refractivity contribution >= 4 is 5.97 Å². The van der Waals surface area contributed by atoms with Crippen molar-refractivity contribution in [1.29, 1.82) is 0 Å². The van der Waals surface area contributed by atoms with Crippen molar-refractivity contribution in [1.82, 2.24) is 0 Å². The van der Waals surface area contributed by atoms with Crippen molar-refractivity contribution < 1.29 is 29.6 Å². The van der Waals surface area contributed by atoms with Gasteiger partial charge in [0, 0.05) is 6.42 Å². The summed E-state index contributed by atoms with van der Waals surface area (Å²) in [6.07, 6.45) is 12.1. The molecule has 0 aliphatic rings. The highest BCUT2D eigenvalue weighted by molar-refractivity contribution is 5.69. The maximum Gasteiger partial charge on any atom is 0.305 e. The van der Waals surface area contributed by atoms with Gasteiger partial charge in [-0.05, 0) is 6.42 Å². The molecule has 0 saturated carbocycles. The smallest absolute Gasteiger partial charge is 0.305 e. The number of rotatable bonds is 19. The largest absolute Gasteiger partial charge is 0.463 e. The lowest BCUT2D eigenvalue weighted by Gasteiger charge is -2.13. The van der Waals surface area contributed by atoms with Gasteiger partial charge in [-0.25, -0.2) is 0 Å². The SMILES string of the molecule is CCCCCCCCCCCCCC(=O)OCC(O)COCC(O)CO. The molecule has 0 saturated heterocycles. The van der Waals surface area contributed by atoms with Crippen LogP contribution in [0.25, 0.3) is 0 Å². The Morgan fingerprint density at radius 1 is 0.769 bits per heavy atom. The number of hydrogen-bond acceptors (Lipinski definition) is 6. The van der Waals surface area contributed by atoms with E-state index in [1.54, 1.807) is 0 Å². The molecule has 0 heterocycles. The molecule has 2 atom stereocenters. The Kier molecular flexibility index (Phi) is 18.6. The fraction of sp³-hybridized carbons (Fsp3) is 0.950. The molecule has 0 aliphatic heterocycles. The van der Waals surface area contributed by atoms with E-state index in [0.29, 0.717) is 6.42 Å². The van der Waals surface area contributed by atoms with Crippen LogP contribution < -0.4 is 0 Å². The maximum absolute atomic E-state index is 11.6. The maximum atomic E-state index is 11.6. The summed E-state index contributed by atoms with van der Waals surface area (Å²) in [6.45, 7) is 1.65. The molecular weight excluding hydrogens is 336 g/mol. The Morgan fingerprint density at radius 3 is 1.81 bits per heavy atom. The molecule has 0 aromatic rings. The van der Waals surface area contributed by atoms with E-state index >= 15 is 0 Å². The topological polar surface area (TPSA) is 96.2 Å². The highest BCUT2D eigenvalue weighted by Crippen LogP contribution is 2.12. The first kappa shape index (κ1) is 25.3. The molecule has 0 rings (SSSR count). The molecular formula is C20H40O6. The molecule has 3 N–H and O–H groups in total. The summed E-state index contributed by atoms with van der Waals surface area (Å²) in [6, 6.07) is 0. The lowest BCUT2D eigenvalue weighted by molar-refractivity contribution is -0.148. The third-order valence-corrected chi connectivity index (χ3v) is 4.25. The van der Waals surface area contributed by atoms with Crippen molar-refractivity contribution in [2.45, 2.75) is 96.2 Å². The van der Waals surface area contributed by atoms with E-state index in [4.69, 9.17) is 19.7 Å². The number of carbonyl (C=O) groups excluding carboxylic acids is 1. The first-order chi connectivity index (χ1) is 12.6. The van der Waals surface area contributed by atoms with Crippen LogP contribution in [0, 0.1) is 0 Å². The summed E-state index contributed by atoms with van der Waals surface area (Å²) in [5.41, 5.74) is 0. The molecule has 6 nitrogen and oxygen atoms in total. The second-order valence-electron chi connectivity index (χ2n) is 7.00. The number of aliphatic hydroxyl groups excluding tert-OH is 3. The number of carbonyl (C=O) groups is 1. The minimum absolute atomic E-state index is 0.0389. The van der Waals surface area contributed by atoms with Crippen LogP contribution in [-0.2, 0) is 14.3 Å². The van der Waals surface area contributed by atoms with Crippen LogP contribution in [-0.4, -0.2) is 59.9 Å². The van der Waals surface area contributed by atoms with Crippen LogP contribution in [0.15, 0.2) is 0 Å². The van der Waals surface area contributed by atoms with Crippen LogP contribution in [0.1, 0.15) is 84.0 Å². The van der Waals surface area contributed by atoms with Gasteiger partial charge in [0.05, 0.1) is 19.8 Å². The molecule has 0 aromatic carbocycles. The third kappa shape index (κ3) is 18.1. The number of hydrogen-bond donors (Lipinski definition) is 3. The Balaban J connectivity index is 3.33. The van der Waals surface area contributed by atoms with Crippen molar-refractivity contribution in [2.24, 2.45) is 0 Å². The lowest BCUT2D eigenvalue weighted by Crippen LogP contribution is -2.27. The average molecular weight is 377 g/mol. The predicted molar refractivity (Wildman–Crippen MR) is 102 cm³/mol. The molecule has 26 heavy (non-hydrogen) atoms. The third-order valence-electron chi connectivity index (χ3n) is 4.25. The summed E-state index contributed by atoms with van der Waals surface area (Å²) in [5.74, 6) is -0.296. The van der Waals surface area contributed by atoms with Crippen LogP contribution in [0.3, 0.4) is 0 Å². The Morgan fingerprint density at radius 2 is 1.27 bits per heavy atom. The zero-order valence-electron chi connectivity index (χ0n) is 16.5. The quantitative estimate of drug-likeness (QED) is 0.237. The van der Waals surface area contributed by atoms with Crippen molar-refractivity contribution in [3.05, 3.63) is 0 Å². The van der Waals surface area contributed by atoms with Crippen LogP contribution in [0.4, 0.5) is 0 Å². The van der Waals surface area contributed by atoms with Gasteiger partial charge in [-0.3, -0.25) is 4.79 Å². The fourth-order valence-corrected chi connectivity index (χ4v) is 2.64. The van der Waals surface area contributed by atoms with Gasteiger partial charge in [-0.15, -0.1) is 0 Å². The molecule has 2 unspecified atom stereocenters. The van der Waals surface area contributed by atoms with Gasteiger partial charge in [0.2, 0.25) is 0 Å². The standard InChI is InChI=1S/C20H40O6/c1-2-3-4-5-6-7-8-9-10-11-12-13-20(24)26-17-19(23)16-25-15-18(22)14-21/h18-19,21-23H,2-17H2,1H3. The second-order valence-corrected chi connectivity index (χ2v) is 7.00. The number of unbranched alkanes of at least 4 members (excludes halogenated alkanes) is 10. The molecule has 0 fully saturated rings. The summed E-state index contributed by atoms with van der Waals surface area (Å²) in [5, 5.41) is 27.3. The molecule has 0 spiro atoms. The zero-order chi connectivity index (χ0) is 19.5. The van der Waals surface area contributed by atoms with E-state index < -0.39 is 12.2 Å². The highest BCUT2D eigenvalue weighted by Gasteiger charge is 2.10. The van der Waals surface area contributed by atoms with E-state index in [1.165, 1.54) is 51.4 Å². The Hall–Kier alpha value is -0.690. The summed E-state index contributed by atoms with van der Waals surface area (Å²) in [7, 11) is 0. The Labute approximate surface area is 158 Å². The average Bonchev–Trinajstić information content (AvgIpc) is 2.64. The summed E-state index contributed by atoms with van der Waals surface area (Å²) in [4.78, 5) is 11.6. The molecule has 0 amide bonds. The lowest BCUT2D eigenvalue weighted by atomic mass is 10.1. The molecule has 0 aromatic heterocycles. The summed E-state index contributed by atoms with van der Waals surface area (Å²) < 4.78 is 10.0. The van der Waals surface area contributed by atoms with Gasteiger partial charge in [-0.1, -0.05) is 71.1 Å². The monoisotopic (exact) mass is 376 g/mol. The van der Waals surface area contributed by atoms with Gasteiger partial charge in [-0.2, -0.15) is 0 Å². The van der Waals surface area contributed by atoms with Crippen molar-refractivity contribution in [2.75, 3.05) is 26.4 Å². The molecule has 0 aliphatic carbocycles. The van der Waals surface area contributed by atoms with E-state index in [-0.39, 0.29) is 32.4 Å².